The summed E-state index contributed by atoms with van der Waals surface area (Å²) in [5.41, 5.74) is 16.0. The fourth-order valence-corrected chi connectivity index (χ4v) is 23.1. The Hall–Kier alpha value is -10.2. The van der Waals surface area contributed by atoms with Gasteiger partial charge in [-0.2, -0.15) is 0 Å². The van der Waals surface area contributed by atoms with Crippen LogP contribution in [0.2, 0.25) is 0 Å². The van der Waals surface area contributed by atoms with Crippen LogP contribution in [0.3, 0.4) is 0 Å². The third kappa shape index (κ3) is 15.1. The van der Waals surface area contributed by atoms with Crippen LogP contribution in [0.5, 0.6) is 0 Å². The molecule has 3 saturated heterocycles. The van der Waals surface area contributed by atoms with Gasteiger partial charge in [-0.05, 0) is 234 Å². The lowest BCUT2D eigenvalue weighted by Crippen LogP contribution is -2.66. The zero-order valence-electron chi connectivity index (χ0n) is 77.0. The van der Waals surface area contributed by atoms with Gasteiger partial charge >= 0.3 is 6.09 Å². The molecule has 23 nitrogen and oxygen atoms in total. The Morgan fingerprint density at radius 2 is 0.591 bits per heavy atom. The fraction of sp³-hybridized carbons (Fsp3) is 0.587. The number of aryl methyl sites for hydroxylation is 4. The molecule has 11 heterocycles. The SMILES string of the molecule is CCCCn1c(CN2C(=O)C3(CCC3)c3ccccc32)nc2c1CCCC2.CCCCn1c(CN2C(=O)C3(CN(C(=O)C4(C)CC4)C3)c3ccccc32)nc2c1CCCC2.CCCCn1c(CN2C(=O)C3(CN(C(=O)C4(C)CC4)C3)c3ccccc32)nc2c1CCCC2.CCCCn1c(CN2C(=O)C3(CN(C(=O)OC(C)(C)C)C3)c3ccccc32)nc2c1CCCC2. The lowest BCUT2D eigenvalue weighted by molar-refractivity contribution is -0.149. The average Bonchev–Trinajstić information content (AvgIpc) is 1.55. The third-order valence-electron chi connectivity index (χ3n) is 31.1. The number of hydrogen-bond acceptors (Lipinski definition) is 12. The summed E-state index contributed by atoms with van der Waals surface area (Å²) in [5, 5.41) is 0. The van der Waals surface area contributed by atoms with Gasteiger partial charge in [0.05, 0.1) is 54.4 Å². The Balaban J connectivity index is 0.000000111. The number of unbranched alkanes of at least 4 members (excludes halogenated alkanes) is 4. The lowest BCUT2D eigenvalue weighted by atomic mass is 9.65. The molecule has 7 aliphatic carbocycles. The van der Waals surface area contributed by atoms with Gasteiger partial charge in [0, 0.05) is 122 Å². The molecule has 8 aromatic rings. The van der Waals surface area contributed by atoms with E-state index in [1.807, 2.05) is 98.7 Å². The first kappa shape index (κ1) is 86.2. The number of ether oxygens (including phenoxy) is 1. The summed E-state index contributed by atoms with van der Waals surface area (Å²) in [6, 6.07) is 32.8. The van der Waals surface area contributed by atoms with Crippen LogP contribution in [0.4, 0.5) is 27.5 Å². The van der Waals surface area contributed by atoms with Crippen LogP contribution in [-0.2, 0) is 159 Å². The quantitative estimate of drug-likeness (QED) is 0.0618. The molecule has 0 unspecified atom stereocenters. The molecule has 4 aromatic heterocycles. The van der Waals surface area contributed by atoms with Crippen molar-refractivity contribution >= 4 is 64.3 Å². The number of carbonyl (C=O) groups is 7. The van der Waals surface area contributed by atoms with Crippen LogP contribution in [0.15, 0.2) is 97.1 Å². The molecule has 127 heavy (non-hydrogen) atoms. The van der Waals surface area contributed by atoms with Gasteiger partial charge in [0.1, 0.15) is 45.1 Å². The highest BCUT2D eigenvalue weighted by molar-refractivity contribution is 6.13. The summed E-state index contributed by atoms with van der Waals surface area (Å²) in [6.45, 7) is 27.4. The predicted molar refractivity (Wildman–Crippen MR) is 492 cm³/mol. The van der Waals surface area contributed by atoms with Crippen molar-refractivity contribution in [1.29, 1.82) is 0 Å². The topological polar surface area (TPSA) is 223 Å². The zero-order valence-corrected chi connectivity index (χ0v) is 77.0. The second-order valence-electron chi connectivity index (χ2n) is 41.1. The van der Waals surface area contributed by atoms with E-state index in [1.165, 1.54) is 115 Å². The maximum absolute atomic E-state index is 13.9. The van der Waals surface area contributed by atoms with Crippen LogP contribution in [0, 0.1) is 10.8 Å². The highest BCUT2D eigenvalue weighted by atomic mass is 16.6. The number of nitrogens with zero attached hydrogens (tertiary/aromatic N) is 15. The van der Waals surface area contributed by atoms with Crippen molar-refractivity contribution < 1.29 is 38.3 Å². The molecule has 23 heteroatoms. The Morgan fingerprint density at radius 3 is 0.843 bits per heavy atom. The van der Waals surface area contributed by atoms with Gasteiger partial charge in [-0.1, -0.05) is 146 Å². The van der Waals surface area contributed by atoms with E-state index in [0.29, 0.717) is 71.4 Å². The maximum Gasteiger partial charge on any atom is 0.410 e. The molecule has 3 saturated carbocycles. The molecule has 0 radical (unpaired) electrons. The standard InChI is InChI=1S/C27H36N4O3.2C27H34N4O2.C23H29N3O/c1-5-6-15-30-22-14-10-8-12-20(22)28-23(30)16-31-21-13-9-7-11-19(21)27(24(31)32)17-29(18-27)25(33)34-26(2,3)4;2*1-3-4-15-30-22-12-8-6-10-20(22)28-23(30)16-31-21-11-7-5-9-19(21)27(25(31)33)17-29(18-27)24(32)26(2)13-14-26;1-2-3-15-25-20-12-7-5-10-18(20)24-21(25)16-26-19-11-6-4-9-17(19)23(22(26)27)13-8-14-23/h7,9,11,13H,5-6,8,10,12,14-18H2,1-4H3;2*5,7,9,11H,3-4,6,8,10,12-18H2,1-2H3;4,6,9,11H,2-3,5,7-8,10,12-16H2,1H3. The summed E-state index contributed by atoms with van der Waals surface area (Å²) in [7, 11) is 0. The van der Waals surface area contributed by atoms with E-state index in [4.69, 9.17) is 24.7 Å². The zero-order chi connectivity index (χ0) is 88.1. The number of carbonyl (C=O) groups excluding carboxylic acids is 7. The monoisotopic (exact) mass is 1720 g/mol. The number of fused-ring (bicyclic) bond motifs is 12. The average molecular weight is 1720 g/mol. The van der Waals surface area contributed by atoms with Crippen LogP contribution in [0.25, 0.3) is 0 Å². The summed E-state index contributed by atoms with van der Waals surface area (Å²) >= 11 is 0. The van der Waals surface area contributed by atoms with Gasteiger partial charge in [-0.3, -0.25) is 28.8 Å². The second kappa shape index (κ2) is 34.0. The first-order chi connectivity index (χ1) is 61.4. The summed E-state index contributed by atoms with van der Waals surface area (Å²) in [6.07, 6.45) is 34.2. The molecule has 0 N–H and O–H groups in total. The number of rotatable bonds is 22. The fourth-order valence-electron chi connectivity index (χ4n) is 23.1. The molecule has 672 valence electrons. The molecule has 7 amide bonds. The van der Waals surface area contributed by atoms with Gasteiger partial charge in [-0.15, -0.1) is 0 Å². The molecular formula is C104H133N15O8. The van der Waals surface area contributed by atoms with Crippen molar-refractivity contribution in [2.45, 2.75) is 341 Å². The number of amides is 7. The van der Waals surface area contributed by atoms with Gasteiger partial charge in [0.25, 0.3) is 0 Å². The van der Waals surface area contributed by atoms with Crippen molar-refractivity contribution in [3.8, 4) is 0 Å². The Kier molecular flexibility index (Phi) is 23.1. The predicted octanol–water partition coefficient (Wildman–Crippen LogP) is 17.1. The van der Waals surface area contributed by atoms with Crippen molar-refractivity contribution in [2.75, 3.05) is 58.9 Å². The van der Waals surface area contributed by atoms with E-state index >= 15 is 0 Å². The van der Waals surface area contributed by atoms with Crippen molar-refractivity contribution in [2.24, 2.45) is 10.8 Å². The number of aromatic nitrogens is 8. The number of imidazole rings is 4. The summed E-state index contributed by atoms with van der Waals surface area (Å²) in [5.74, 6) is 5.21. The van der Waals surface area contributed by atoms with E-state index < -0.39 is 21.8 Å². The molecule has 0 atom stereocenters. The minimum atomic E-state index is -0.687. The first-order valence-electron chi connectivity index (χ1n) is 48.9. The Labute approximate surface area is 750 Å². The van der Waals surface area contributed by atoms with Crippen LogP contribution in [0.1, 0.15) is 301 Å². The van der Waals surface area contributed by atoms with Crippen LogP contribution < -0.4 is 19.6 Å². The van der Waals surface area contributed by atoms with E-state index in [0.717, 1.165) is 224 Å². The van der Waals surface area contributed by atoms with E-state index in [-0.39, 0.29) is 51.9 Å². The molecule has 4 spiro atoms. The smallest absolute Gasteiger partial charge is 0.410 e. The van der Waals surface area contributed by atoms with Crippen LogP contribution >= 0.6 is 0 Å². The Morgan fingerprint density at radius 1 is 0.339 bits per heavy atom. The van der Waals surface area contributed by atoms with Crippen molar-refractivity contribution in [3.05, 3.63) is 188 Å². The lowest BCUT2D eigenvalue weighted by Gasteiger charge is -2.47. The van der Waals surface area contributed by atoms with E-state index in [1.54, 1.807) is 4.90 Å². The molecule has 6 fully saturated rings. The molecule has 22 rings (SSSR count). The van der Waals surface area contributed by atoms with Crippen LogP contribution in [-0.4, -0.2) is 139 Å². The number of para-hydroxylation sites is 4. The normalized spacial score (nSPS) is 20.5. The largest absolute Gasteiger partial charge is 0.444 e. The van der Waals surface area contributed by atoms with Crippen molar-refractivity contribution in [1.82, 2.24) is 52.9 Å². The molecule has 14 aliphatic rings. The number of hydrogen-bond donors (Lipinski definition) is 0. The highest BCUT2D eigenvalue weighted by Gasteiger charge is 2.65. The van der Waals surface area contributed by atoms with Gasteiger partial charge in [0.2, 0.25) is 35.4 Å². The minimum Gasteiger partial charge on any atom is -0.444 e. The molecule has 0 bridgehead atoms. The summed E-state index contributed by atoms with van der Waals surface area (Å²) < 4.78 is 15.2. The highest BCUT2D eigenvalue weighted by Crippen LogP contribution is 2.57. The van der Waals surface area contributed by atoms with E-state index in [2.05, 4.69) is 108 Å². The summed E-state index contributed by atoms with van der Waals surface area (Å²) in [4.78, 5) is 127. The molecular weight excluding hydrogens is 1590 g/mol. The number of likely N-dealkylation sites (tertiary alicyclic amines) is 3. The maximum atomic E-state index is 13.9. The molecule has 4 aromatic carbocycles. The first-order valence-corrected chi connectivity index (χ1v) is 48.9. The molecule has 7 aliphatic heterocycles. The second-order valence-corrected chi connectivity index (χ2v) is 41.1. The minimum absolute atomic E-state index is 0.0662. The third-order valence-corrected chi connectivity index (χ3v) is 31.1. The van der Waals surface area contributed by atoms with Crippen molar-refractivity contribution in [3.63, 3.8) is 0 Å². The van der Waals surface area contributed by atoms with Gasteiger partial charge < -0.3 is 57.3 Å². The van der Waals surface area contributed by atoms with E-state index in [9.17, 15) is 33.6 Å². The van der Waals surface area contributed by atoms with Gasteiger partial charge in [-0.25, -0.2) is 24.7 Å². The number of benzene rings is 4. The Bertz CT molecular complexity index is 5410. The number of anilines is 4. The van der Waals surface area contributed by atoms with Gasteiger partial charge in [0.15, 0.2) is 0 Å².